The van der Waals surface area contributed by atoms with Crippen LogP contribution in [0.15, 0.2) is 53.7 Å². The third-order valence-electron chi connectivity index (χ3n) is 5.19. The first-order chi connectivity index (χ1) is 13.8. The largest absolute Gasteiger partial charge is 0.354 e. The van der Waals surface area contributed by atoms with Gasteiger partial charge in [0.15, 0.2) is 0 Å². The van der Waals surface area contributed by atoms with Gasteiger partial charge in [0.05, 0.1) is 4.90 Å². The number of benzene rings is 1. The first kappa shape index (κ1) is 19.6. The van der Waals surface area contributed by atoms with Gasteiger partial charge in [0.2, 0.25) is 10.0 Å². The van der Waals surface area contributed by atoms with E-state index in [1.54, 1.807) is 10.4 Å². The molecule has 0 saturated carbocycles. The zero-order valence-corrected chi connectivity index (χ0v) is 17.7. The fourth-order valence-corrected chi connectivity index (χ4v) is 5.33. The summed E-state index contributed by atoms with van der Waals surface area (Å²) in [6.45, 7) is 7.72. The highest BCUT2D eigenvalue weighted by atomic mass is 32.2. The van der Waals surface area contributed by atoms with Crippen LogP contribution in [0.1, 0.15) is 17.0 Å². The average Bonchev–Trinajstić information content (AvgIpc) is 3.22. The Kier molecular flexibility index (Phi) is 5.14. The summed E-state index contributed by atoms with van der Waals surface area (Å²) < 4.78 is 29.7. The number of rotatable bonds is 4. The molecule has 4 rings (SSSR count). The van der Waals surface area contributed by atoms with E-state index in [1.165, 1.54) is 0 Å². The standard InChI is InChI=1S/C21H25N5O2S/c1-16-6-7-19(17(2)14-16)29(27,28)26-12-10-25(11-13-26)21-15-20(22-18(3)23-21)24-8-4-5-9-24/h4-9,14-15H,10-13H2,1-3H3. The molecule has 1 fully saturated rings. The first-order valence-electron chi connectivity index (χ1n) is 9.66. The van der Waals surface area contributed by atoms with Gasteiger partial charge in [0.1, 0.15) is 17.5 Å². The van der Waals surface area contributed by atoms with Crippen molar-refractivity contribution < 1.29 is 8.42 Å². The Labute approximate surface area is 171 Å². The van der Waals surface area contributed by atoms with Gasteiger partial charge >= 0.3 is 0 Å². The van der Waals surface area contributed by atoms with Gasteiger partial charge < -0.3 is 9.47 Å². The van der Waals surface area contributed by atoms with E-state index in [0.29, 0.717) is 36.9 Å². The molecule has 0 unspecified atom stereocenters. The molecule has 152 valence electrons. The van der Waals surface area contributed by atoms with E-state index in [-0.39, 0.29) is 0 Å². The highest BCUT2D eigenvalue weighted by Crippen LogP contribution is 2.24. The number of piperazine rings is 1. The molecule has 2 aromatic heterocycles. The van der Waals surface area contributed by atoms with E-state index < -0.39 is 10.0 Å². The lowest BCUT2D eigenvalue weighted by atomic mass is 10.2. The van der Waals surface area contributed by atoms with Crippen molar-refractivity contribution in [2.24, 2.45) is 0 Å². The van der Waals surface area contributed by atoms with Crippen LogP contribution in [0.4, 0.5) is 5.82 Å². The minimum atomic E-state index is -3.50. The number of hydrogen-bond donors (Lipinski definition) is 0. The molecule has 0 bridgehead atoms. The van der Waals surface area contributed by atoms with Crippen LogP contribution >= 0.6 is 0 Å². The molecule has 0 amide bonds. The number of aryl methyl sites for hydroxylation is 3. The maximum absolute atomic E-state index is 13.1. The van der Waals surface area contributed by atoms with Crippen LogP contribution in [-0.4, -0.2) is 53.4 Å². The molecule has 1 aliphatic rings. The Morgan fingerprint density at radius 1 is 0.862 bits per heavy atom. The fraction of sp³-hybridized carbons (Fsp3) is 0.333. The van der Waals surface area contributed by atoms with Crippen molar-refractivity contribution >= 4 is 15.8 Å². The van der Waals surface area contributed by atoms with Crippen LogP contribution in [0.3, 0.4) is 0 Å². The number of aromatic nitrogens is 3. The van der Waals surface area contributed by atoms with Gasteiger partial charge in [-0.05, 0) is 44.5 Å². The minimum absolute atomic E-state index is 0.393. The Bertz CT molecular complexity index is 1120. The third-order valence-corrected chi connectivity index (χ3v) is 7.25. The van der Waals surface area contributed by atoms with Crippen molar-refractivity contribution in [3.05, 3.63) is 65.7 Å². The zero-order valence-electron chi connectivity index (χ0n) is 16.9. The van der Waals surface area contributed by atoms with E-state index >= 15 is 0 Å². The number of hydrogen-bond acceptors (Lipinski definition) is 5. The third kappa shape index (κ3) is 3.90. The summed E-state index contributed by atoms with van der Waals surface area (Å²) in [5.41, 5.74) is 1.85. The molecule has 8 heteroatoms. The molecule has 0 radical (unpaired) electrons. The lowest BCUT2D eigenvalue weighted by Gasteiger charge is -2.35. The molecule has 3 aromatic rings. The van der Waals surface area contributed by atoms with Crippen molar-refractivity contribution in [2.75, 3.05) is 31.1 Å². The average molecular weight is 412 g/mol. The maximum Gasteiger partial charge on any atom is 0.243 e. The van der Waals surface area contributed by atoms with Gasteiger partial charge in [-0.15, -0.1) is 0 Å². The van der Waals surface area contributed by atoms with E-state index in [2.05, 4.69) is 14.9 Å². The molecule has 29 heavy (non-hydrogen) atoms. The Morgan fingerprint density at radius 3 is 2.17 bits per heavy atom. The van der Waals surface area contributed by atoms with Crippen molar-refractivity contribution in [1.29, 1.82) is 0 Å². The predicted octanol–water partition coefficient (Wildman–Crippen LogP) is 2.70. The summed E-state index contributed by atoms with van der Waals surface area (Å²) in [4.78, 5) is 11.6. The lowest BCUT2D eigenvalue weighted by molar-refractivity contribution is 0.383. The van der Waals surface area contributed by atoms with Gasteiger partial charge in [0, 0.05) is 44.6 Å². The molecule has 1 aromatic carbocycles. The summed E-state index contributed by atoms with van der Waals surface area (Å²) in [7, 11) is -3.50. The second-order valence-corrected chi connectivity index (χ2v) is 9.29. The number of sulfonamides is 1. The Hall–Kier alpha value is -2.71. The molecule has 7 nitrogen and oxygen atoms in total. The molecule has 0 spiro atoms. The first-order valence-corrected chi connectivity index (χ1v) is 11.1. The molecule has 1 saturated heterocycles. The van der Waals surface area contributed by atoms with Crippen LogP contribution in [0.5, 0.6) is 0 Å². The molecule has 0 atom stereocenters. The van der Waals surface area contributed by atoms with Crippen molar-refractivity contribution in [3.8, 4) is 5.82 Å². The van der Waals surface area contributed by atoms with Gasteiger partial charge in [-0.1, -0.05) is 17.7 Å². The number of anilines is 1. The topological polar surface area (TPSA) is 71.3 Å². The van der Waals surface area contributed by atoms with Gasteiger partial charge in [-0.2, -0.15) is 4.31 Å². The molecule has 0 N–H and O–H groups in total. The van der Waals surface area contributed by atoms with Crippen molar-refractivity contribution in [2.45, 2.75) is 25.7 Å². The molecule has 1 aliphatic heterocycles. The summed E-state index contributed by atoms with van der Waals surface area (Å²) >= 11 is 0. The monoisotopic (exact) mass is 411 g/mol. The van der Waals surface area contributed by atoms with Gasteiger partial charge in [0.25, 0.3) is 0 Å². The molecule has 0 aliphatic carbocycles. The van der Waals surface area contributed by atoms with Crippen LogP contribution in [0.2, 0.25) is 0 Å². The Balaban J connectivity index is 1.53. The van der Waals surface area contributed by atoms with E-state index in [0.717, 1.165) is 22.8 Å². The normalized spacial score (nSPS) is 15.6. The second-order valence-electron chi connectivity index (χ2n) is 7.38. The van der Waals surface area contributed by atoms with Gasteiger partial charge in [-0.3, -0.25) is 0 Å². The van der Waals surface area contributed by atoms with Crippen LogP contribution in [0, 0.1) is 20.8 Å². The van der Waals surface area contributed by atoms with Crippen molar-refractivity contribution in [3.63, 3.8) is 0 Å². The maximum atomic E-state index is 13.1. The second kappa shape index (κ2) is 7.61. The summed E-state index contributed by atoms with van der Waals surface area (Å²) in [5.74, 6) is 2.32. The smallest absolute Gasteiger partial charge is 0.243 e. The highest BCUT2D eigenvalue weighted by Gasteiger charge is 2.30. The quantitative estimate of drug-likeness (QED) is 0.660. The van der Waals surface area contributed by atoms with E-state index in [9.17, 15) is 8.42 Å². The molecule has 3 heterocycles. The van der Waals surface area contributed by atoms with E-state index in [1.807, 2.05) is 68.1 Å². The molecular formula is C21H25N5O2S. The minimum Gasteiger partial charge on any atom is -0.354 e. The van der Waals surface area contributed by atoms with Crippen LogP contribution < -0.4 is 4.90 Å². The van der Waals surface area contributed by atoms with Crippen LogP contribution in [-0.2, 0) is 10.0 Å². The Morgan fingerprint density at radius 2 is 1.52 bits per heavy atom. The van der Waals surface area contributed by atoms with Crippen LogP contribution in [0.25, 0.3) is 5.82 Å². The summed E-state index contributed by atoms with van der Waals surface area (Å²) in [6.07, 6.45) is 3.89. The number of nitrogens with zero attached hydrogens (tertiary/aromatic N) is 5. The lowest BCUT2D eigenvalue weighted by Crippen LogP contribution is -2.49. The van der Waals surface area contributed by atoms with Gasteiger partial charge in [-0.25, -0.2) is 18.4 Å². The SMILES string of the molecule is Cc1ccc(S(=O)(=O)N2CCN(c3cc(-n4cccc4)nc(C)n3)CC2)c(C)c1. The summed E-state index contributed by atoms with van der Waals surface area (Å²) in [5, 5.41) is 0. The zero-order chi connectivity index (χ0) is 20.6. The highest BCUT2D eigenvalue weighted by molar-refractivity contribution is 7.89. The molecular weight excluding hydrogens is 386 g/mol. The van der Waals surface area contributed by atoms with Crippen molar-refractivity contribution in [1.82, 2.24) is 18.8 Å². The fourth-order valence-electron chi connectivity index (χ4n) is 3.70. The summed E-state index contributed by atoms with van der Waals surface area (Å²) in [6, 6.07) is 11.3. The van der Waals surface area contributed by atoms with E-state index in [4.69, 9.17) is 0 Å². The predicted molar refractivity (Wildman–Crippen MR) is 113 cm³/mol.